The molecule has 4 rings (SSSR count). The Bertz CT molecular complexity index is 1040. The minimum Gasteiger partial charge on any atom is -0.352 e. The summed E-state index contributed by atoms with van der Waals surface area (Å²) >= 11 is 0. The summed E-state index contributed by atoms with van der Waals surface area (Å²) in [6.45, 7) is 6.69. The van der Waals surface area contributed by atoms with Crippen LogP contribution in [0.4, 0.5) is 0 Å². The van der Waals surface area contributed by atoms with E-state index in [1.807, 2.05) is 48.9 Å². The molecule has 1 aliphatic heterocycles. The van der Waals surface area contributed by atoms with Gasteiger partial charge >= 0.3 is 0 Å². The van der Waals surface area contributed by atoms with Crippen LogP contribution in [-0.2, 0) is 17.8 Å². The summed E-state index contributed by atoms with van der Waals surface area (Å²) < 4.78 is 0. The molecule has 0 saturated carbocycles. The average Bonchev–Trinajstić information content (AvgIpc) is 2.84. The van der Waals surface area contributed by atoms with E-state index in [0.717, 1.165) is 42.8 Å². The van der Waals surface area contributed by atoms with Gasteiger partial charge in [-0.25, -0.2) is 0 Å². The predicted molar refractivity (Wildman–Crippen MR) is 128 cm³/mol. The molecule has 0 aliphatic carbocycles. The fraction of sp³-hybridized carbons (Fsp3) is 0.296. The number of pyridine rings is 2. The molecule has 3 aromatic rings. The zero-order valence-corrected chi connectivity index (χ0v) is 18.4. The zero-order valence-electron chi connectivity index (χ0n) is 18.4. The number of nitrogens with one attached hydrogen (secondary N) is 1. The number of aromatic nitrogens is 2. The lowest BCUT2D eigenvalue weighted by molar-refractivity contribution is -0.134. The molecule has 164 valence electrons. The van der Waals surface area contributed by atoms with Crippen molar-refractivity contribution in [2.24, 2.45) is 5.41 Å². The van der Waals surface area contributed by atoms with Crippen molar-refractivity contribution < 1.29 is 4.79 Å². The van der Waals surface area contributed by atoms with Crippen LogP contribution in [0.1, 0.15) is 24.1 Å². The van der Waals surface area contributed by atoms with Crippen LogP contribution in [-0.4, -0.2) is 40.4 Å². The Hall–Kier alpha value is -3.31. The van der Waals surface area contributed by atoms with Crippen LogP contribution in [0, 0.1) is 5.41 Å². The molecule has 0 bridgehead atoms. The molecule has 1 aromatic carbocycles. The van der Waals surface area contributed by atoms with Crippen molar-refractivity contribution in [1.82, 2.24) is 20.2 Å². The van der Waals surface area contributed by atoms with Gasteiger partial charge in [-0.15, -0.1) is 6.58 Å². The van der Waals surface area contributed by atoms with Crippen LogP contribution in [0.15, 0.2) is 85.8 Å². The molecule has 1 atom stereocenters. The summed E-state index contributed by atoms with van der Waals surface area (Å²) in [6, 6.07) is 18.5. The maximum atomic E-state index is 13.4. The van der Waals surface area contributed by atoms with Gasteiger partial charge in [0, 0.05) is 38.2 Å². The fourth-order valence-electron chi connectivity index (χ4n) is 4.64. The predicted octanol–water partition coefficient (Wildman–Crippen LogP) is 4.27. The van der Waals surface area contributed by atoms with E-state index in [4.69, 9.17) is 0 Å². The highest BCUT2D eigenvalue weighted by Crippen LogP contribution is 2.35. The van der Waals surface area contributed by atoms with E-state index < -0.39 is 5.41 Å². The molecule has 5 nitrogen and oxygen atoms in total. The zero-order chi connectivity index (χ0) is 22.2. The second-order valence-corrected chi connectivity index (χ2v) is 8.53. The number of carbonyl (C=O) groups excluding carboxylic acids is 1. The molecule has 1 N–H and O–H groups in total. The van der Waals surface area contributed by atoms with Crippen LogP contribution in [0.5, 0.6) is 0 Å². The van der Waals surface area contributed by atoms with E-state index in [0.29, 0.717) is 19.5 Å². The van der Waals surface area contributed by atoms with Gasteiger partial charge in [0.05, 0.1) is 11.1 Å². The van der Waals surface area contributed by atoms with Gasteiger partial charge < -0.3 is 5.32 Å². The SMILES string of the molecule is C=CCNC(=O)[C@]1(Cc2cccc(-c3ccncc3)c2)CCCN(Cc2ccccn2)C1. The van der Waals surface area contributed by atoms with E-state index >= 15 is 0 Å². The second kappa shape index (κ2) is 10.3. The molecule has 0 spiro atoms. The van der Waals surface area contributed by atoms with Crippen LogP contribution in [0.3, 0.4) is 0 Å². The Balaban J connectivity index is 1.59. The van der Waals surface area contributed by atoms with E-state index in [1.165, 1.54) is 5.56 Å². The van der Waals surface area contributed by atoms with E-state index in [2.05, 4.69) is 51.0 Å². The topological polar surface area (TPSA) is 58.1 Å². The van der Waals surface area contributed by atoms with Gasteiger partial charge in [0.1, 0.15) is 0 Å². The lowest BCUT2D eigenvalue weighted by atomic mass is 9.74. The molecule has 1 aliphatic rings. The van der Waals surface area contributed by atoms with Crippen molar-refractivity contribution >= 4 is 5.91 Å². The molecule has 1 saturated heterocycles. The monoisotopic (exact) mass is 426 g/mol. The van der Waals surface area contributed by atoms with Crippen molar-refractivity contribution in [3.05, 3.63) is 97.1 Å². The van der Waals surface area contributed by atoms with Gasteiger partial charge in [-0.05, 0) is 66.8 Å². The minimum atomic E-state index is -0.479. The number of benzene rings is 1. The number of piperidine rings is 1. The highest BCUT2D eigenvalue weighted by Gasteiger charge is 2.42. The largest absolute Gasteiger partial charge is 0.352 e. The number of carbonyl (C=O) groups is 1. The number of hydrogen-bond donors (Lipinski definition) is 1. The minimum absolute atomic E-state index is 0.109. The van der Waals surface area contributed by atoms with Crippen LogP contribution < -0.4 is 5.32 Å². The first kappa shape index (κ1) is 21.9. The molecule has 1 amide bonds. The molecule has 2 aromatic heterocycles. The third-order valence-electron chi connectivity index (χ3n) is 6.14. The molecule has 0 radical (unpaired) electrons. The van der Waals surface area contributed by atoms with Crippen LogP contribution in [0.2, 0.25) is 0 Å². The van der Waals surface area contributed by atoms with Gasteiger partial charge in [-0.2, -0.15) is 0 Å². The number of rotatable bonds is 8. The Morgan fingerprint density at radius 3 is 2.75 bits per heavy atom. The standard InChI is InChI=1S/C27H30N4O/c1-2-13-30-26(32)27(12-6-17-31(21-27)20-25-9-3-4-14-29-25)19-22-7-5-8-24(18-22)23-10-15-28-16-11-23/h2-5,7-11,14-16,18H,1,6,12-13,17,19-21H2,(H,30,32)/t27-/m0/s1. The highest BCUT2D eigenvalue weighted by atomic mass is 16.2. The fourth-order valence-corrected chi connectivity index (χ4v) is 4.64. The second-order valence-electron chi connectivity index (χ2n) is 8.53. The number of likely N-dealkylation sites (tertiary alicyclic amines) is 1. The van der Waals surface area contributed by atoms with E-state index in [1.54, 1.807) is 6.08 Å². The smallest absolute Gasteiger partial charge is 0.228 e. The third-order valence-corrected chi connectivity index (χ3v) is 6.14. The van der Waals surface area contributed by atoms with Gasteiger partial charge in [-0.3, -0.25) is 19.7 Å². The summed E-state index contributed by atoms with van der Waals surface area (Å²) in [5.74, 6) is 0.109. The van der Waals surface area contributed by atoms with E-state index in [9.17, 15) is 4.79 Å². The molecular weight excluding hydrogens is 396 g/mol. The first-order chi connectivity index (χ1) is 15.7. The molecular formula is C27H30N4O. The molecule has 1 fully saturated rings. The van der Waals surface area contributed by atoms with Gasteiger partial charge in [0.2, 0.25) is 5.91 Å². The van der Waals surface area contributed by atoms with Gasteiger partial charge in [-0.1, -0.05) is 36.4 Å². The first-order valence-electron chi connectivity index (χ1n) is 11.2. The summed E-state index contributed by atoms with van der Waals surface area (Å²) in [6.07, 6.45) is 9.74. The van der Waals surface area contributed by atoms with Gasteiger partial charge in [0.25, 0.3) is 0 Å². The van der Waals surface area contributed by atoms with E-state index in [-0.39, 0.29) is 5.91 Å². The number of nitrogens with zero attached hydrogens (tertiary/aromatic N) is 3. The summed E-state index contributed by atoms with van der Waals surface area (Å²) in [7, 11) is 0. The Labute approximate surface area is 190 Å². The lowest BCUT2D eigenvalue weighted by Gasteiger charge is -2.42. The Kier molecular flexibility index (Phi) is 7.07. The lowest BCUT2D eigenvalue weighted by Crippen LogP contribution is -2.53. The summed E-state index contributed by atoms with van der Waals surface area (Å²) in [5.41, 5.74) is 4.01. The van der Waals surface area contributed by atoms with Crippen LogP contribution in [0.25, 0.3) is 11.1 Å². The average molecular weight is 427 g/mol. The summed E-state index contributed by atoms with van der Waals surface area (Å²) in [4.78, 5) is 24.4. The highest BCUT2D eigenvalue weighted by molar-refractivity contribution is 5.83. The van der Waals surface area contributed by atoms with Crippen molar-refractivity contribution in [3.8, 4) is 11.1 Å². The normalized spacial score (nSPS) is 18.8. The molecule has 0 unspecified atom stereocenters. The van der Waals surface area contributed by atoms with Crippen molar-refractivity contribution in [2.45, 2.75) is 25.8 Å². The summed E-state index contributed by atoms with van der Waals surface area (Å²) in [5, 5.41) is 3.09. The Morgan fingerprint density at radius 2 is 1.97 bits per heavy atom. The molecule has 5 heteroatoms. The first-order valence-corrected chi connectivity index (χ1v) is 11.2. The maximum absolute atomic E-state index is 13.4. The Morgan fingerprint density at radius 1 is 1.09 bits per heavy atom. The molecule has 32 heavy (non-hydrogen) atoms. The molecule has 3 heterocycles. The number of amides is 1. The third kappa shape index (κ3) is 5.29. The quantitative estimate of drug-likeness (QED) is 0.547. The van der Waals surface area contributed by atoms with Crippen molar-refractivity contribution in [2.75, 3.05) is 19.6 Å². The number of hydrogen-bond acceptors (Lipinski definition) is 4. The van der Waals surface area contributed by atoms with Crippen molar-refractivity contribution in [1.29, 1.82) is 0 Å². The van der Waals surface area contributed by atoms with Crippen molar-refractivity contribution in [3.63, 3.8) is 0 Å². The van der Waals surface area contributed by atoms with Crippen LogP contribution >= 0.6 is 0 Å². The maximum Gasteiger partial charge on any atom is 0.228 e. The van der Waals surface area contributed by atoms with Gasteiger partial charge in [0.15, 0.2) is 0 Å².